The summed E-state index contributed by atoms with van der Waals surface area (Å²) in [7, 11) is 0. The number of anilines is 1. The predicted molar refractivity (Wildman–Crippen MR) is 89.5 cm³/mol. The van der Waals surface area contributed by atoms with Crippen LogP contribution < -0.4 is 5.32 Å². The molecule has 2 heterocycles. The standard InChI is InChI=1S/C17H19N5O/c1-10-20-12-6-5-7-13(14(12)21-10)22-15(23)11-8-18-16(19-9-11)17(2,3)4/h5-9H,1-4H3,(H,20,21)(H,22,23). The number of amides is 1. The van der Waals surface area contributed by atoms with Crippen LogP contribution in [0.1, 0.15) is 42.8 Å². The molecule has 1 amide bonds. The number of hydrogen-bond donors (Lipinski definition) is 2. The van der Waals surface area contributed by atoms with Crippen molar-refractivity contribution in [3.05, 3.63) is 47.8 Å². The van der Waals surface area contributed by atoms with E-state index in [1.165, 1.54) is 0 Å². The van der Waals surface area contributed by atoms with E-state index in [-0.39, 0.29) is 11.3 Å². The summed E-state index contributed by atoms with van der Waals surface area (Å²) in [5.74, 6) is 1.26. The maximum Gasteiger partial charge on any atom is 0.258 e. The Morgan fingerprint density at radius 2 is 1.87 bits per heavy atom. The molecule has 0 atom stereocenters. The fourth-order valence-corrected chi connectivity index (χ4v) is 2.28. The van der Waals surface area contributed by atoms with Crippen LogP contribution in [0.15, 0.2) is 30.6 Å². The van der Waals surface area contributed by atoms with E-state index in [0.29, 0.717) is 17.1 Å². The Bertz CT molecular complexity index is 859. The van der Waals surface area contributed by atoms with Crippen molar-refractivity contribution in [1.29, 1.82) is 0 Å². The molecule has 0 saturated heterocycles. The summed E-state index contributed by atoms with van der Waals surface area (Å²) in [5, 5.41) is 2.87. The van der Waals surface area contributed by atoms with Crippen LogP contribution in [0.4, 0.5) is 5.69 Å². The Labute approximate surface area is 134 Å². The summed E-state index contributed by atoms with van der Waals surface area (Å²) < 4.78 is 0. The molecular formula is C17H19N5O. The number of para-hydroxylation sites is 1. The fourth-order valence-electron chi connectivity index (χ4n) is 2.28. The van der Waals surface area contributed by atoms with Gasteiger partial charge < -0.3 is 10.3 Å². The number of carbonyl (C=O) groups excluding carboxylic acids is 1. The smallest absolute Gasteiger partial charge is 0.258 e. The average Bonchev–Trinajstić information content (AvgIpc) is 2.88. The summed E-state index contributed by atoms with van der Waals surface area (Å²) in [6, 6.07) is 5.62. The SMILES string of the molecule is Cc1nc2c(NC(=O)c3cnc(C(C)(C)C)nc3)cccc2[nH]1. The van der Waals surface area contributed by atoms with Crippen molar-refractivity contribution in [2.24, 2.45) is 0 Å². The molecule has 0 saturated carbocycles. The molecule has 2 aromatic heterocycles. The van der Waals surface area contributed by atoms with Crippen LogP contribution in [0.2, 0.25) is 0 Å². The fraction of sp³-hybridized carbons (Fsp3) is 0.294. The van der Waals surface area contributed by atoms with Crippen molar-refractivity contribution in [3.8, 4) is 0 Å². The highest BCUT2D eigenvalue weighted by Gasteiger charge is 2.18. The van der Waals surface area contributed by atoms with Crippen molar-refractivity contribution in [2.45, 2.75) is 33.1 Å². The van der Waals surface area contributed by atoms with Crippen LogP contribution in [0.3, 0.4) is 0 Å². The van der Waals surface area contributed by atoms with Gasteiger partial charge in [0.15, 0.2) is 0 Å². The number of fused-ring (bicyclic) bond motifs is 1. The number of rotatable bonds is 2. The van der Waals surface area contributed by atoms with Crippen molar-refractivity contribution in [3.63, 3.8) is 0 Å². The monoisotopic (exact) mass is 309 g/mol. The lowest BCUT2D eigenvalue weighted by Gasteiger charge is -2.16. The second-order valence-corrected chi connectivity index (χ2v) is 6.52. The van der Waals surface area contributed by atoms with Crippen molar-refractivity contribution in [1.82, 2.24) is 19.9 Å². The minimum absolute atomic E-state index is 0.146. The number of aryl methyl sites for hydroxylation is 1. The highest BCUT2D eigenvalue weighted by atomic mass is 16.1. The number of aromatic nitrogens is 4. The number of carbonyl (C=O) groups is 1. The molecule has 6 nitrogen and oxygen atoms in total. The predicted octanol–water partition coefficient (Wildman–Crippen LogP) is 3.21. The molecule has 0 aliphatic rings. The van der Waals surface area contributed by atoms with Crippen molar-refractivity contribution >= 4 is 22.6 Å². The third-order valence-corrected chi connectivity index (χ3v) is 3.46. The zero-order valence-corrected chi connectivity index (χ0v) is 13.6. The maximum absolute atomic E-state index is 12.4. The van der Waals surface area contributed by atoms with Crippen molar-refractivity contribution in [2.75, 3.05) is 5.32 Å². The van der Waals surface area contributed by atoms with E-state index in [4.69, 9.17) is 0 Å². The van der Waals surface area contributed by atoms with E-state index in [1.807, 2.05) is 45.9 Å². The molecule has 1 aromatic carbocycles. The molecule has 0 fully saturated rings. The van der Waals surface area contributed by atoms with Crippen LogP contribution in [-0.4, -0.2) is 25.8 Å². The quantitative estimate of drug-likeness (QED) is 0.761. The number of imidazole rings is 1. The Balaban J connectivity index is 1.86. The van der Waals surface area contributed by atoms with Gasteiger partial charge in [-0.05, 0) is 19.1 Å². The number of nitrogens with one attached hydrogen (secondary N) is 2. The van der Waals surface area contributed by atoms with Gasteiger partial charge in [0.2, 0.25) is 0 Å². The van der Waals surface area contributed by atoms with Gasteiger partial charge in [0, 0.05) is 17.8 Å². The number of benzene rings is 1. The lowest BCUT2D eigenvalue weighted by Crippen LogP contribution is -2.18. The van der Waals surface area contributed by atoms with Gasteiger partial charge in [0.05, 0.1) is 16.8 Å². The highest BCUT2D eigenvalue weighted by molar-refractivity contribution is 6.07. The molecule has 6 heteroatoms. The molecule has 118 valence electrons. The second kappa shape index (κ2) is 5.46. The average molecular weight is 309 g/mol. The third-order valence-electron chi connectivity index (χ3n) is 3.46. The lowest BCUT2D eigenvalue weighted by molar-refractivity contribution is 0.102. The van der Waals surface area contributed by atoms with E-state index >= 15 is 0 Å². The van der Waals surface area contributed by atoms with Gasteiger partial charge >= 0.3 is 0 Å². The van der Waals surface area contributed by atoms with E-state index in [0.717, 1.165) is 16.9 Å². The number of hydrogen-bond acceptors (Lipinski definition) is 4. The molecule has 23 heavy (non-hydrogen) atoms. The first kappa shape index (κ1) is 15.1. The zero-order chi connectivity index (χ0) is 16.6. The first-order valence-electron chi connectivity index (χ1n) is 7.44. The van der Waals surface area contributed by atoms with Gasteiger partial charge in [-0.1, -0.05) is 26.8 Å². The van der Waals surface area contributed by atoms with Crippen molar-refractivity contribution < 1.29 is 4.79 Å². The third kappa shape index (κ3) is 3.06. The second-order valence-electron chi connectivity index (χ2n) is 6.52. The number of H-pyrrole nitrogens is 1. The van der Waals surface area contributed by atoms with Gasteiger partial charge in [-0.2, -0.15) is 0 Å². The molecule has 3 rings (SSSR count). The Hall–Kier alpha value is -2.76. The van der Waals surface area contributed by atoms with Crippen LogP contribution in [0, 0.1) is 6.92 Å². The van der Waals surface area contributed by atoms with E-state index in [9.17, 15) is 4.79 Å². The van der Waals surface area contributed by atoms with E-state index < -0.39 is 0 Å². The van der Waals surface area contributed by atoms with Crippen LogP contribution in [0.5, 0.6) is 0 Å². The first-order chi connectivity index (χ1) is 10.8. The summed E-state index contributed by atoms with van der Waals surface area (Å²) in [5.41, 5.74) is 2.57. The lowest BCUT2D eigenvalue weighted by atomic mass is 9.96. The van der Waals surface area contributed by atoms with Gasteiger partial charge in [0.1, 0.15) is 17.2 Å². The normalized spacial score (nSPS) is 11.7. The number of aromatic amines is 1. The highest BCUT2D eigenvalue weighted by Crippen LogP contribution is 2.22. The minimum Gasteiger partial charge on any atom is -0.342 e. The van der Waals surface area contributed by atoms with Crippen LogP contribution >= 0.6 is 0 Å². The summed E-state index contributed by atoms with van der Waals surface area (Å²) >= 11 is 0. The largest absolute Gasteiger partial charge is 0.342 e. The molecule has 0 unspecified atom stereocenters. The van der Waals surface area contributed by atoms with Gasteiger partial charge in [0.25, 0.3) is 5.91 Å². The van der Waals surface area contributed by atoms with E-state index in [1.54, 1.807) is 12.4 Å². The number of nitrogens with zero attached hydrogens (tertiary/aromatic N) is 3. The van der Waals surface area contributed by atoms with Crippen LogP contribution in [-0.2, 0) is 5.41 Å². The Morgan fingerprint density at radius 1 is 1.17 bits per heavy atom. The zero-order valence-electron chi connectivity index (χ0n) is 13.6. The van der Waals surface area contributed by atoms with Crippen LogP contribution in [0.25, 0.3) is 11.0 Å². The summed E-state index contributed by atoms with van der Waals surface area (Å²) in [4.78, 5) is 28.5. The minimum atomic E-state index is -0.251. The molecule has 2 N–H and O–H groups in total. The summed E-state index contributed by atoms with van der Waals surface area (Å²) in [6.07, 6.45) is 3.11. The Kier molecular flexibility index (Phi) is 3.60. The van der Waals surface area contributed by atoms with E-state index in [2.05, 4.69) is 25.3 Å². The van der Waals surface area contributed by atoms with Gasteiger partial charge in [-0.15, -0.1) is 0 Å². The summed E-state index contributed by atoms with van der Waals surface area (Å²) in [6.45, 7) is 7.97. The molecule has 3 aromatic rings. The molecule has 0 aliphatic carbocycles. The molecular weight excluding hydrogens is 290 g/mol. The first-order valence-corrected chi connectivity index (χ1v) is 7.44. The van der Waals surface area contributed by atoms with Gasteiger partial charge in [-0.3, -0.25) is 4.79 Å². The van der Waals surface area contributed by atoms with Gasteiger partial charge in [-0.25, -0.2) is 15.0 Å². The molecule has 0 aliphatic heterocycles. The topological polar surface area (TPSA) is 83.6 Å². The molecule has 0 bridgehead atoms. The molecule has 0 radical (unpaired) electrons. The molecule has 0 spiro atoms. The Morgan fingerprint density at radius 3 is 2.52 bits per heavy atom. The maximum atomic E-state index is 12.4.